The van der Waals surface area contributed by atoms with Gasteiger partial charge in [0.15, 0.2) is 5.43 Å². The van der Waals surface area contributed by atoms with Crippen LogP contribution in [0.25, 0.3) is 22.0 Å². The molecule has 0 bridgehead atoms. The minimum absolute atomic E-state index is 0.0787. The van der Waals surface area contributed by atoms with Gasteiger partial charge >= 0.3 is 0 Å². The Kier molecular flexibility index (Phi) is 2.49. The summed E-state index contributed by atoms with van der Waals surface area (Å²) in [4.78, 5) is 15.6. The number of aryl methyl sites for hydroxylation is 1. The number of aromatic nitrogens is 1. The molecular weight excluding hydrogens is 222 g/mol. The second-order valence-electron chi connectivity index (χ2n) is 4.45. The van der Waals surface area contributed by atoms with E-state index < -0.39 is 0 Å². The highest BCUT2D eigenvalue weighted by Crippen LogP contribution is 2.17. The monoisotopic (exact) mass is 235 g/mol. The molecule has 18 heavy (non-hydrogen) atoms. The van der Waals surface area contributed by atoms with E-state index in [-0.39, 0.29) is 5.43 Å². The summed E-state index contributed by atoms with van der Waals surface area (Å²) in [5, 5.41) is 0.738. The van der Waals surface area contributed by atoms with Crippen LogP contribution in [0.4, 0.5) is 0 Å². The molecule has 0 aliphatic carbocycles. The molecule has 0 aliphatic heterocycles. The van der Waals surface area contributed by atoms with Crippen LogP contribution in [-0.4, -0.2) is 4.98 Å². The summed E-state index contributed by atoms with van der Waals surface area (Å²) >= 11 is 0. The number of H-pyrrole nitrogens is 1. The quantitative estimate of drug-likeness (QED) is 0.688. The number of benzene rings is 2. The van der Waals surface area contributed by atoms with Gasteiger partial charge in [-0.2, -0.15) is 0 Å². The maximum absolute atomic E-state index is 12.4. The third kappa shape index (κ3) is 1.72. The molecule has 0 fully saturated rings. The van der Waals surface area contributed by atoms with Crippen molar-refractivity contribution in [1.82, 2.24) is 4.98 Å². The first kappa shape index (κ1) is 10.8. The van der Waals surface area contributed by atoms with E-state index in [1.165, 1.54) is 0 Å². The summed E-state index contributed by atoms with van der Waals surface area (Å²) in [5.74, 6) is 0. The van der Waals surface area contributed by atoms with E-state index in [2.05, 4.69) is 4.98 Å². The van der Waals surface area contributed by atoms with E-state index in [0.29, 0.717) is 5.56 Å². The second kappa shape index (κ2) is 4.15. The zero-order valence-corrected chi connectivity index (χ0v) is 10.1. The third-order valence-corrected chi connectivity index (χ3v) is 3.12. The zero-order valence-electron chi connectivity index (χ0n) is 10.1. The van der Waals surface area contributed by atoms with Crippen molar-refractivity contribution in [3.05, 3.63) is 70.5 Å². The number of fused-ring (bicyclic) bond motifs is 1. The van der Waals surface area contributed by atoms with Crippen LogP contribution in [0.5, 0.6) is 0 Å². The van der Waals surface area contributed by atoms with Gasteiger partial charge in [0.2, 0.25) is 0 Å². The Bertz CT molecular complexity index is 757. The molecule has 0 amide bonds. The molecule has 3 aromatic rings. The maximum atomic E-state index is 12.4. The summed E-state index contributed by atoms with van der Waals surface area (Å²) in [6, 6.07) is 15.6. The molecule has 0 atom stereocenters. The van der Waals surface area contributed by atoms with Crippen LogP contribution in [0.2, 0.25) is 0 Å². The molecule has 3 rings (SSSR count). The van der Waals surface area contributed by atoms with Crippen LogP contribution in [-0.2, 0) is 0 Å². The van der Waals surface area contributed by atoms with Crippen molar-refractivity contribution < 1.29 is 0 Å². The first-order valence-electron chi connectivity index (χ1n) is 5.93. The Labute approximate surface area is 105 Å². The third-order valence-electron chi connectivity index (χ3n) is 3.12. The normalized spacial score (nSPS) is 10.7. The molecule has 2 heteroatoms. The van der Waals surface area contributed by atoms with Crippen molar-refractivity contribution >= 4 is 10.9 Å². The Morgan fingerprint density at radius 3 is 2.56 bits per heavy atom. The van der Waals surface area contributed by atoms with E-state index in [1.807, 2.05) is 55.5 Å². The molecule has 0 spiro atoms. The Balaban J connectivity index is 2.31. The maximum Gasteiger partial charge on any atom is 0.197 e. The van der Waals surface area contributed by atoms with Gasteiger partial charge in [0.1, 0.15) is 0 Å². The zero-order chi connectivity index (χ0) is 12.5. The summed E-state index contributed by atoms with van der Waals surface area (Å²) in [7, 11) is 0. The fourth-order valence-electron chi connectivity index (χ4n) is 2.17. The summed E-state index contributed by atoms with van der Waals surface area (Å²) in [5.41, 5.74) is 3.77. The van der Waals surface area contributed by atoms with E-state index in [1.54, 1.807) is 6.20 Å². The predicted molar refractivity (Wildman–Crippen MR) is 74.7 cm³/mol. The van der Waals surface area contributed by atoms with Gasteiger partial charge in [-0.05, 0) is 30.2 Å². The molecule has 0 unspecified atom stereocenters. The van der Waals surface area contributed by atoms with Gasteiger partial charge in [-0.3, -0.25) is 4.79 Å². The van der Waals surface area contributed by atoms with Crippen molar-refractivity contribution in [1.29, 1.82) is 0 Å². The number of aromatic amines is 1. The molecule has 0 saturated carbocycles. The SMILES string of the molecule is Cc1ccc2c(=O)c(-c3ccccc3)c[nH]c2c1. The van der Waals surface area contributed by atoms with Gasteiger partial charge in [0, 0.05) is 22.7 Å². The van der Waals surface area contributed by atoms with Crippen molar-refractivity contribution in [3.63, 3.8) is 0 Å². The van der Waals surface area contributed by atoms with Crippen LogP contribution in [0.1, 0.15) is 5.56 Å². The van der Waals surface area contributed by atoms with E-state index in [9.17, 15) is 4.79 Å². The number of nitrogens with one attached hydrogen (secondary N) is 1. The molecule has 0 aliphatic rings. The number of pyridine rings is 1. The standard InChI is InChI=1S/C16H13NO/c1-11-7-8-13-15(9-11)17-10-14(16(13)18)12-5-3-2-4-6-12/h2-10H,1H3,(H,17,18). The summed E-state index contributed by atoms with van der Waals surface area (Å²) in [6.07, 6.45) is 1.79. The summed E-state index contributed by atoms with van der Waals surface area (Å²) < 4.78 is 0. The van der Waals surface area contributed by atoms with E-state index in [4.69, 9.17) is 0 Å². The molecule has 2 aromatic carbocycles. The number of hydrogen-bond donors (Lipinski definition) is 1. The second-order valence-corrected chi connectivity index (χ2v) is 4.45. The van der Waals surface area contributed by atoms with Gasteiger partial charge in [0.25, 0.3) is 0 Å². The minimum atomic E-state index is 0.0787. The first-order valence-corrected chi connectivity index (χ1v) is 5.93. The lowest BCUT2D eigenvalue weighted by molar-refractivity contribution is 1.37. The topological polar surface area (TPSA) is 32.9 Å². The van der Waals surface area contributed by atoms with Crippen molar-refractivity contribution in [2.24, 2.45) is 0 Å². The van der Waals surface area contributed by atoms with Gasteiger partial charge in [-0.15, -0.1) is 0 Å². The van der Waals surface area contributed by atoms with Crippen molar-refractivity contribution in [2.75, 3.05) is 0 Å². The molecule has 0 saturated heterocycles. The number of hydrogen-bond acceptors (Lipinski definition) is 1. The van der Waals surface area contributed by atoms with Gasteiger partial charge < -0.3 is 4.98 Å². The van der Waals surface area contributed by atoms with Gasteiger partial charge in [0.05, 0.1) is 0 Å². The van der Waals surface area contributed by atoms with Crippen LogP contribution in [0.15, 0.2) is 59.5 Å². The van der Waals surface area contributed by atoms with Crippen LogP contribution < -0.4 is 5.43 Å². The average Bonchev–Trinajstić information content (AvgIpc) is 2.40. The molecule has 1 heterocycles. The Hall–Kier alpha value is -2.35. The molecule has 1 N–H and O–H groups in total. The van der Waals surface area contributed by atoms with Gasteiger partial charge in [-0.1, -0.05) is 36.4 Å². The lowest BCUT2D eigenvalue weighted by Gasteiger charge is -2.04. The molecule has 0 radical (unpaired) electrons. The lowest BCUT2D eigenvalue weighted by Crippen LogP contribution is -2.06. The first-order chi connectivity index (χ1) is 8.75. The van der Waals surface area contributed by atoms with Crippen LogP contribution in [0.3, 0.4) is 0 Å². The fourth-order valence-corrected chi connectivity index (χ4v) is 2.17. The smallest absolute Gasteiger partial charge is 0.197 e. The molecule has 1 aromatic heterocycles. The van der Waals surface area contributed by atoms with Crippen molar-refractivity contribution in [3.8, 4) is 11.1 Å². The minimum Gasteiger partial charge on any atom is -0.360 e. The van der Waals surface area contributed by atoms with Gasteiger partial charge in [-0.25, -0.2) is 0 Å². The largest absolute Gasteiger partial charge is 0.360 e. The van der Waals surface area contributed by atoms with Crippen molar-refractivity contribution in [2.45, 2.75) is 6.92 Å². The van der Waals surface area contributed by atoms with Crippen LogP contribution >= 0.6 is 0 Å². The van der Waals surface area contributed by atoms with Crippen LogP contribution in [0, 0.1) is 6.92 Å². The van der Waals surface area contributed by atoms with E-state index >= 15 is 0 Å². The molecular formula is C16H13NO. The lowest BCUT2D eigenvalue weighted by atomic mass is 10.0. The Morgan fingerprint density at radius 2 is 1.78 bits per heavy atom. The predicted octanol–water partition coefficient (Wildman–Crippen LogP) is 3.50. The highest BCUT2D eigenvalue weighted by molar-refractivity contribution is 5.83. The Morgan fingerprint density at radius 1 is 1.00 bits per heavy atom. The molecule has 2 nitrogen and oxygen atoms in total. The molecule has 88 valence electrons. The van der Waals surface area contributed by atoms with E-state index in [0.717, 1.165) is 22.0 Å². The average molecular weight is 235 g/mol. The highest BCUT2D eigenvalue weighted by atomic mass is 16.1. The fraction of sp³-hybridized carbons (Fsp3) is 0.0625. The summed E-state index contributed by atoms with van der Waals surface area (Å²) in [6.45, 7) is 2.02. The highest BCUT2D eigenvalue weighted by Gasteiger charge is 2.06. The number of rotatable bonds is 1.